The van der Waals surface area contributed by atoms with Gasteiger partial charge in [-0.25, -0.2) is 20.8 Å². The molecule has 9 heteroatoms. The fourth-order valence-corrected chi connectivity index (χ4v) is 5.02. The van der Waals surface area contributed by atoms with E-state index in [1.807, 2.05) is 0 Å². The van der Waals surface area contributed by atoms with Crippen molar-refractivity contribution in [3.63, 3.8) is 0 Å². The normalized spacial score (nSPS) is 15.3. The van der Waals surface area contributed by atoms with Crippen LogP contribution in [0.1, 0.15) is 24.1 Å². The second-order valence-corrected chi connectivity index (χ2v) is 9.68. The largest absolute Gasteiger partial charge is 0.494 e. The van der Waals surface area contributed by atoms with Crippen LogP contribution in [0.15, 0.2) is 12.1 Å². The average Bonchev–Trinajstić information content (AvgIpc) is 2.78. The lowest BCUT2D eigenvalue weighted by atomic mass is 9.95. The van der Waals surface area contributed by atoms with Crippen LogP contribution in [0.5, 0.6) is 5.75 Å². The third-order valence-electron chi connectivity index (χ3n) is 4.17. The number of nitrogens with zero attached hydrogens (tertiary/aromatic N) is 1. The monoisotopic (exact) mass is 372 g/mol. The van der Waals surface area contributed by atoms with E-state index in [0.717, 1.165) is 42.2 Å². The molecule has 0 amide bonds. The van der Waals surface area contributed by atoms with Gasteiger partial charge in [0.05, 0.1) is 30.8 Å². The van der Waals surface area contributed by atoms with Crippen LogP contribution in [-0.2, 0) is 32.9 Å². The van der Waals surface area contributed by atoms with E-state index in [0.29, 0.717) is 17.6 Å². The summed E-state index contributed by atoms with van der Waals surface area (Å²) in [5.74, 6) is 0.285. The van der Waals surface area contributed by atoms with Gasteiger partial charge in [-0.2, -0.15) is 0 Å². The molecule has 0 saturated carbocycles. The zero-order chi connectivity index (χ0) is 17.7. The Morgan fingerprint density at radius 3 is 2.33 bits per heavy atom. The predicted octanol–water partition coefficient (Wildman–Crippen LogP) is 1.71. The molecule has 0 unspecified atom stereocenters. The number of anilines is 1. The fourth-order valence-electron chi connectivity index (χ4n) is 3.36. The number of benzene rings is 1. The van der Waals surface area contributed by atoms with E-state index in [9.17, 15) is 16.8 Å². The number of ether oxygens (including phenoxy) is 1. The molecular weight excluding hydrogens is 352 g/mol. The van der Waals surface area contributed by atoms with Gasteiger partial charge in [0.2, 0.25) is 20.0 Å². The Balaban J connectivity index is 2.38. The highest BCUT2D eigenvalue weighted by molar-refractivity contribution is 7.92. The molecule has 0 spiro atoms. The molecule has 1 aliphatic rings. The molecule has 24 heavy (non-hydrogen) atoms. The summed E-state index contributed by atoms with van der Waals surface area (Å²) in [7, 11) is -5.54. The van der Waals surface area contributed by atoms with E-state index in [2.05, 4.69) is 4.72 Å². The minimum absolute atomic E-state index is 0.285. The molecule has 1 aromatic heterocycles. The van der Waals surface area contributed by atoms with Crippen molar-refractivity contribution in [3.8, 4) is 5.75 Å². The second kappa shape index (κ2) is 5.66. The first-order chi connectivity index (χ1) is 11.1. The number of rotatable bonds is 4. The molecule has 1 heterocycles. The molecular formula is C15H20N2O5S2. The molecule has 132 valence electrons. The molecule has 0 saturated heterocycles. The summed E-state index contributed by atoms with van der Waals surface area (Å²) in [5, 5.41) is 0.752. The van der Waals surface area contributed by atoms with E-state index >= 15 is 0 Å². The summed E-state index contributed by atoms with van der Waals surface area (Å²) < 4.78 is 56.9. The van der Waals surface area contributed by atoms with Gasteiger partial charge >= 0.3 is 0 Å². The number of nitrogens with one attached hydrogen (secondary N) is 1. The van der Waals surface area contributed by atoms with Crippen molar-refractivity contribution in [2.24, 2.45) is 0 Å². The van der Waals surface area contributed by atoms with Crippen molar-refractivity contribution in [2.75, 3.05) is 24.3 Å². The highest BCUT2D eigenvalue weighted by Crippen LogP contribution is 2.38. The number of sulfonamides is 1. The maximum Gasteiger partial charge on any atom is 0.236 e. The van der Waals surface area contributed by atoms with Gasteiger partial charge < -0.3 is 4.74 Å². The molecule has 7 nitrogen and oxygen atoms in total. The Hall–Kier alpha value is -1.74. The zero-order valence-electron chi connectivity index (χ0n) is 13.8. The van der Waals surface area contributed by atoms with Crippen molar-refractivity contribution >= 4 is 36.6 Å². The summed E-state index contributed by atoms with van der Waals surface area (Å²) >= 11 is 0. The van der Waals surface area contributed by atoms with Crippen molar-refractivity contribution in [1.82, 2.24) is 3.97 Å². The summed E-state index contributed by atoms with van der Waals surface area (Å²) in [6, 6.07) is 3.25. The number of fused-ring (bicyclic) bond motifs is 3. The molecule has 0 atom stereocenters. The van der Waals surface area contributed by atoms with Crippen LogP contribution >= 0.6 is 0 Å². The van der Waals surface area contributed by atoms with Crippen LogP contribution in [0.25, 0.3) is 10.9 Å². The predicted molar refractivity (Wildman–Crippen MR) is 93.8 cm³/mol. The average molecular weight is 372 g/mol. The van der Waals surface area contributed by atoms with E-state index < -0.39 is 20.0 Å². The van der Waals surface area contributed by atoms with Gasteiger partial charge in [0, 0.05) is 17.1 Å². The van der Waals surface area contributed by atoms with Crippen LogP contribution < -0.4 is 9.46 Å². The van der Waals surface area contributed by atoms with Crippen LogP contribution in [0.3, 0.4) is 0 Å². The molecule has 0 radical (unpaired) electrons. The van der Waals surface area contributed by atoms with Gasteiger partial charge in [-0.1, -0.05) is 0 Å². The Morgan fingerprint density at radius 1 is 1.08 bits per heavy atom. The fraction of sp³-hybridized carbons (Fsp3) is 0.467. The Bertz CT molecular complexity index is 1020. The maximum atomic E-state index is 12.3. The number of hydrogen-bond donors (Lipinski definition) is 1. The van der Waals surface area contributed by atoms with Crippen LogP contribution in [-0.4, -0.2) is 40.4 Å². The van der Waals surface area contributed by atoms with Gasteiger partial charge in [-0.3, -0.25) is 4.72 Å². The number of aromatic nitrogens is 1. The summed E-state index contributed by atoms with van der Waals surface area (Å²) in [6.07, 6.45) is 5.62. The van der Waals surface area contributed by atoms with Crippen molar-refractivity contribution in [1.29, 1.82) is 0 Å². The SMILES string of the molecule is COc1cc2c(cc1NS(C)(=O)=O)c1c(n2S(C)(=O)=O)CCCC1. The van der Waals surface area contributed by atoms with E-state index in [1.165, 1.54) is 17.3 Å². The lowest BCUT2D eigenvalue weighted by Crippen LogP contribution is -2.15. The third kappa shape index (κ3) is 2.98. The van der Waals surface area contributed by atoms with Crippen LogP contribution in [0.4, 0.5) is 5.69 Å². The van der Waals surface area contributed by atoms with Crippen molar-refractivity contribution in [3.05, 3.63) is 23.4 Å². The number of aryl methyl sites for hydroxylation is 1. The van der Waals surface area contributed by atoms with Gasteiger partial charge in [-0.15, -0.1) is 0 Å². The standard InChI is InChI=1S/C15H20N2O5S2/c1-22-15-9-14-11(8-12(15)16-23(2,18)19)10-6-4-5-7-13(10)17(14)24(3,20)21/h8-9,16H,4-7H2,1-3H3. The van der Waals surface area contributed by atoms with E-state index in [-0.39, 0.29) is 5.75 Å². The minimum atomic E-state index is -3.48. The first-order valence-electron chi connectivity index (χ1n) is 7.54. The number of hydrogen-bond acceptors (Lipinski definition) is 5. The first-order valence-corrected chi connectivity index (χ1v) is 11.3. The number of methoxy groups -OCH3 is 1. The van der Waals surface area contributed by atoms with Crippen molar-refractivity contribution in [2.45, 2.75) is 25.7 Å². The zero-order valence-corrected chi connectivity index (χ0v) is 15.4. The highest BCUT2D eigenvalue weighted by Gasteiger charge is 2.26. The summed E-state index contributed by atoms with van der Waals surface area (Å²) in [6.45, 7) is 0. The summed E-state index contributed by atoms with van der Waals surface area (Å²) in [5.41, 5.74) is 2.60. The Labute approximate surface area is 141 Å². The van der Waals surface area contributed by atoms with Gasteiger partial charge in [0.1, 0.15) is 5.75 Å². The van der Waals surface area contributed by atoms with Crippen LogP contribution in [0, 0.1) is 0 Å². The molecule has 1 aromatic carbocycles. The smallest absolute Gasteiger partial charge is 0.236 e. The molecule has 1 N–H and O–H groups in total. The van der Waals surface area contributed by atoms with E-state index in [1.54, 1.807) is 12.1 Å². The molecule has 0 aliphatic heterocycles. The quantitative estimate of drug-likeness (QED) is 0.882. The van der Waals surface area contributed by atoms with Gasteiger partial charge in [-0.05, 0) is 37.3 Å². The first kappa shape index (κ1) is 17.1. The minimum Gasteiger partial charge on any atom is -0.494 e. The van der Waals surface area contributed by atoms with Crippen molar-refractivity contribution < 1.29 is 21.6 Å². The van der Waals surface area contributed by atoms with Gasteiger partial charge in [0.25, 0.3) is 0 Å². The molecule has 2 aromatic rings. The lowest BCUT2D eigenvalue weighted by Gasteiger charge is -2.14. The lowest BCUT2D eigenvalue weighted by molar-refractivity contribution is 0.417. The molecule has 0 fully saturated rings. The molecule has 3 rings (SSSR count). The Kier molecular flexibility index (Phi) is 4.03. The van der Waals surface area contributed by atoms with Gasteiger partial charge in [0.15, 0.2) is 0 Å². The maximum absolute atomic E-state index is 12.3. The van der Waals surface area contributed by atoms with Crippen LogP contribution in [0.2, 0.25) is 0 Å². The summed E-state index contributed by atoms with van der Waals surface area (Å²) in [4.78, 5) is 0. The Morgan fingerprint density at radius 2 is 1.75 bits per heavy atom. The highest BCUT2D eigenvalue weighted by atomic mass is 32.2. The van der Waals surface area contributed by atoms with E-state index in [4.69, 9.17) is 4.74 Å². The molecule has 1 aliphatic carbocycles. The topological polar surface area (TPSA) is 94.5 Å². The third-order valence-corrected chi connectivity index (χ3v) is 5.84. The molecule has 0 bridgehead atoms. The second-order valence-electron chi connectivity index (χ2n) is 6.10.